The molecule has 7 aromatic rings. The zero-order valence-electron chi connectivity index (χ0n) is 69.7. The van der Waals surface area contributed by atoms with E-state index in [0.29, 0.717) is 26.4 Å². The van der Waals surface area contributed by atoms with Crippen molar-refractivity contribution in [2.75, 3.05) is 155 Å². The van der Waals surface area contributed by atoms with Crippen LogP contribution in [0.1, 0.15) is 133 Å². The fourth-order valence-corrected chi connectivity index (χ4v) is 11.4. The van der Waals surface area contributed by atoms with Gasteiger partial charge in [-0.2, -0.15) is 0 Å². The molecule has 0 N–H and O–H groups in total. The lowest BCUT2D eigenvalue weighted by atomic mass is 10.0. The number of aryl methyl sites for hydroxylation is 12. The van der Waals surface area contributed by atoms with Crippen LogP contribution in [-0.2, 0) is 112 Å². The van der Waals surface area contributed by atoms with Crippen molar-refractivity contribution in [1.29, 1.82) is 0 Å². The number of imidazole rings is 2. The Bertz CT molecular complexity index is 2910. The number of unbranched alkanes of at least 4 members (excludes halogenated alkanes) is 6. The first-order valence-electron chi connectivity index (χ1n) is 38.8. The molecule has 590 valence electrons. The van der Waals surface area contributed by atoms with E-state index in [-0.39, 0.29) is 0 Å². The molecular weight excluding hydrogens is 1320 g/mol. The number of pyridine rings is 4. The molecule has 19 heteroatoms. The van der Waals surface area contributed by atoms with Crippen LogP contribution in [0.3, 0.4) is 0 Å². The Labute approximate surface area is 639 Å². The molecule has 0 fully saturated rings. The van der Waals surface area contributed by atoms with E-state index in [4.69, 9.17) is 38.0 Å². The molecule has 1 aromatic carbocycles. The van der Waals surface area contributed by atoms with Gasteiger partial charge in [0, 0.05) is 109 Å². The number of para-hydroxylation sites is 2. The van der Waals surface area contributed by atoms with Gasteiger partial charge in [-0.25, -0.2) is 36.5 Å². The lowest BCUT2D eigenvalue weighted by molar-refractivity contribution is -0.910. The Hall–Kier alpha value is -6.78. The molecule has 19 nitrogen and oxygen atoms in total. The number of ether oxygens (including phenoxy) is 6. The highest BCUT2D eigenvalue weighted by molar-refractivity contribution is 5.71. The Kier molecular flexibility index (Phi) is 58.3. The number of carbonyl (C=O) groups excluding carboxylic acids is 2. The minimum atomic E-state index is 0.664. The van der Waals surface area contributed by atoms with Gasteiger partial charge in [0.15, 0.2) is 60.6 Å². The second kappa shape index (κ2) is 62.3. The highest BCUT2D eigenvalue weighted by atomic mass is 16.5. The third kappa shape index (κ3) is 46.8. The maximum atomic E-state index is 8.00. The third-order valence-corrected chi connectivity index (χ3v) is 19.6. The second-order valence-corrected chi connectivity index (χ2v) is 28.1. The summed E-state index contributed by atoms with van der Waals surface area (Å²) in [6, 6.07) is 26.0. The summed E-state index contributed by atoms with van der Waals surface area (Å²) in [6.45, 7) is 39.3. The Morgan fingerprint density at radius 3 is 1.29 bits per heavy atom. The van der Waals surface area contributed by atoms with Gasteiger partial charge in [0.05, 0.1) is 147 Å². The Morgan fingerprint density at radius 1 is 0.467 bits per heavy atom. The number of rotatable bonds is 39. The van der Waals surface area contributed by atoms with Crippen molar-refractivity contribution in [3.8, 4) is 0 Å². The molecule has 7 heterocycles. The summed E-state index contributed by atoms with van der Waals surface area (Å²) in [6.07, 6.45) is 44.6. The minimum Gasteiger partial charge on any atom is -0.384 e. The molecule has 105 heavy (non-hydrogen) atoms. The van der Waals surface area contributed by atoms with Gasteiger partial charge in [0.2, 0.25) is 6.33 Å². The number of likely N-dealkylation sites (N-methyl/N-ethyl adjacent to an activating group) is 2. The predicted molar refractivity (Wildman–Crippen MR) is 428 cm³/mol. The van der Waals surface area contributed by atoms with E-state index in [1.807, 2.05) is 19.8 Å². The average Bonchev–Trinajstić information content (AvgIpc) is 1.68. The number of nitrogens with zero attached hydrogens (tertiary/aromatic N) is 11. The van der Waals surface area contributed by atoms with Crippen LogP contribution in [-0.4, -0.2) is 191 Å². The topological polar surface area (TPSA) is 123 Å². The van der Waals surface area contributed by atoms with E-state index in [9.17, 15) is 0 Å². The number of quaternary nitrogens is 3. The maximum Gasteiger partial charge on any atom is 0.256 e. The lowest BCUT2D eigenvalue weighted by Gasteiger charge is -2.34. The van der Waals surface area contributed by atoms with Crippen LogP contribution in [0.4, 0.5) is 0 Å². The standard InChI is InChI=1S/2C18H26N2.C14H32NO4.C10H24NO2.C9H11N2.C8H13N2.C7H16N.2CH2O/c1-17-7-13-19(14-8-17)11-5-3-4-6-12-20-15-9-18(2)10-16-20;1-19-13-9-17(10-14-19)7-5-3-4-6-8-18-11-15-20(2)16-12-18;1-15(7-5-10-16-2,8-6-11-17-3)9-12-19-14-13-18-4;1-5-11(3,6-2)7-8-13-10-9-12-4;1-10-7-11(2)9-6-4-3-5-8(9)10;1-9-6-7-10-5-3-2-4-8(9)10;1-5-8(4,6-2)7-3;2*1-2/h7-10,13-16H,3-6,11-12H2,1-2H3;9-16H,3-8H2,1-2H3;5-14H2,1-4H3;5-10H2,1-4H3;3-7H,1-2H3;6-7H,2-5H2,1H3;5H,1,6-7H2,2-4H3;2*1H2/q2*+2;5*+1;;. The van der Waals surface area contributed by atoms with Gasteiger partial charge in [-0.3, -0.25) is 0 Å². The van der Waals surface area contributed by atoms with E-state index in [0.717, 1.165) is 105 Å². The van der Waals surface area contributed by atoms with Crippen molar-refractivity contribution in [1.82, 2.24) is 9.13 Å². The van der Waals surface area contributed by atoms with Crippen LogP contribution in [0.2, 0.25) is 0 Å². The van der Waals surface area contributed by atoms with E-state index >= 15 is 0 Å². The number of hydrogen-bond acceptors (Lipinski definition) is 8. The van der Waals surface area contributed by atoms with Gasteiger partial charge in [-0.1, -0.05) is 25.0 Å². The second-order valence-electron chi connectivity index (χ2n) is 28.1. The number of hydrogen-bond donors (Lipinski definition) is 0. The highest BCUT2D eigenvalue weighted by Gasteiger charge is 2.21. The summed E-state index contributed by atoms with van der Waals surface area (Å²) in [4.78, 5) is 16.0. The summed E-state index contributed by atoms with van der Waals surface area (Å²) in [5, 5.41) is 0. The fraction of sp³-hybridized carbons (Fsp3) is 0.605. The van der Waals surface area contributed by atoms with Crippen molar-refractivity contribution < 1.29 is 78.9 Å². The van der Waals surface area contributed by atoms with Crippen LogP contribution in [0.25, 0.3) is 11.0 Å². The molecule has 0 unspecified atom stereocenters. The Balaban J connectivity index is 0.00000122. The molecule has 6 aromatic heterocycles. The van der Waals surface area contributed by atoms with Crippen LogP contribution >= 0.6 is 0 Å². The average molecular weight is 1470 g/mol. The molecule has 8 rings (SSSR count). The summed E-state index contributed by atoms with van der Waals surface area (Å²) < 4.78 is 51.8. The molecule has 0 aliphatic carbocycles. The molecule has 0 amide bonds. The lowest BCUT2D eigenvalue weighted by Crippen LogP contribution is -2.48. The van der Waals surface area contributed by atoms with Crippen LogP contribution in [0.5, 0.6) is 0 Å². The van der Waals surface area contributed by atoms with Gasteiger partial charge in [0.1, 0.15) is 66.2 Å². The van der Waals surface area contributed by atoms with Gasteiger partial charge >= 0.3 is 0 Å². The normalized spacial score (nSPS) is 11.4. The monoisotopic (exact) mass is 1470 g/mol. The quantitative estimate of drug-likeness (QED) is 0.0212. The summed E-state index contributed by atoms with van der Waals surface area (Å²) in [5.74, 6) is 1.48. The van der Waals surface area contributed by atoms with E-state index in [1.165, 1.54) is 142 Å². The van der Waals surface area contributed by atoms with Gasteiger partial charge in [0.25, 0.3) is 5.82 Å². The number of benzene rings is 1. The van der Waals surface area contributed by atoms with Crippen molar-refractivity contribution in [3.63, 3.8) is 0 Å². The van der Waals surface area contributed by atoms with Crippen molar-refractivity contribution in [2.45, 2.75) is 157 Å². The maximum absolute atomic E-state index is 8.00. The summed E-state index contributed by atoms with van der Waals surface area (Å²) >= 11 is 0. The minimum absolute atomic E-state index is 0.664. The molecule has 0 atom stereocenters. The summed E-state index contributed by atoms with van der Waals surface area (Å²) in [7, 11) is 24.0. The smallest absolute Gasteiger partial charge is 0.256 e. The van der Waals surface area contributed by atoms with Crippen molar-refractivity contribution >= 4 is 24.6 Å². The van der Waals surface area contributed by atoms with Crippen molar-refractivity contribution in [2.24, 2.45) is 35.2 Å². The zero-order valence-corrected chi connectivity index (χ0v) is 69.7. The zero-order chi connectivity index (χ0) is 78.4. The third-order valence-electron chi connectivity index (χ3n) is 19.6. The van der Waals surface area contributed by atoms with E-state index < -0.39 is 0 Å². The molecule has 1 aliphatic rings. The van der Waals surface area contributed by atoms with Crippen LogP contribution < -0.4 is 27.4 Å². The highest BCUT2D eigenvalue weighted by Crippen LogP contribution is 2.13. The number of fused-ring (bicyclic) bond motifs is 2. The fourth-order valence-electron chi connectivity index (χ4n) is 11.4. The first-order chi connectivity index (χ1) is 50.7. The molecule has 0 saturated carbocycles. The molecule has 0 spiro atoms. The van der Waals surface area contributed by atoms with Gasteiger partial charge in [-0.15, -0.1) is 0 Å². The van der Waals surface area contributed by atoms with E-state index in [1.54, 1.807) is 28.4 Å². The van der Waals surface area contributed by atoms with E-state index in [2.05, 4.69) is 282 Å². The first-order valence-corrected chi connectivity index (χ1v) is 38.8. The largest absolute Gasteiger partial charge is 0.384 e. The summed E-state index contributed by atoms with van der Waals surface area (Å²) in [5.41, 5.74) is 8.12. The SMILES string of the molecule is C=C[N+](C)(CC)CC.C=O.C=O.CC[N+](C)(CC)CCOCCOC.COCCC[N+](C)(CCCOC)CCOCCOC.C[n+]1ccc(CCCCCCc2cc[n+](C)cc2)cc1.C[n+]1ccn2c1CCCC2.Cc1cc[n+](CCCCCC[n+]2ccc(C)cc2)cc1.Cn1c[n+](C)c2ccccc21. The Morgan fingerprint density at radius 2 is 0.895 bits per heavy atom. The molecule has 1 aliphatic heterocycles. The van der Waals surface area contributed by atoms with Crippen LogP contribution in [0, 0.1) is 13.8 Å². The van der Waals surface area contributed by atoms with Gasteiger partial charge in [-0.05, 0) is 134 Å². The van der Waals surface area contributed by atoms with Gasteiger partial charge < -0.3 is 51.5 Å². The number of aromatic nitrogens is 8. The molecular formula is C86H152N11O8+9. The first kappa shape index (κ1) is 98.2. The predicted octanol–water partition coefficient (Wildman–Crippen LogP) is 11.0. The molecule has 0 bridgehead atoms. The molecule has 0 saturated heterocycles. The molecule has 0 radical (unpaired) electrons. The number of carbonyl (C=O) groups is 2. The number of methoxy groups -OCH3 is 4. The van der Waals surface area contributed by atoms with Crippen molar-refractivity contribution in [3.05, 3.63) is 182 Å². The van der Waals surface area contributed by atoms with Crippen LogP contribution in [0.15, 0.2) is 154 Å².